The monoisotopic (exact) mass is 281 g/mol. The third-order valence-corrected chi connectivity index (χ3v) is 3.00. The van der Waals surface area contributed by atoms with Crippen molar-refractivity contribution < 1.29 is 0 Å². The average Bonchev–Trinajstić information content (AvgIpc) is 2.37. The maximum Gasteiger partial charge on any atom is 0.0240 e. The van der Waals surface area contributed by atoms with E-state index in [1.807, 2.05) is 6.08 Å². The molecular formula is C15H17Cl2N. The number of halogens is 2. The molecule has 0 amide bonds. The highest BCUT2D eigenvalue weighted by atomic mass is 35.5. The first-order valence-electron chi connectivity index (χ1n) is 5.71. The molecule has 96 valence electrons. The fourth-order valence-corrected chi connectivity index (χ4v) is 2.09. The van der Waals surface area contributed by atoms with Crippen LogP contribution in [0.4, 0.5) is 0 Å². The van der Waals surface area contributed by atoms with E-state index < -0.39 is 0 Å². The SMILES string of the molecule is CN(C/C=C/Cl)Cc1cccc2ccccc12.Cl. The van der Waals surface area contributed by atoms with Crippen molar-refractivity contribution in [2.75, 3.05) is 13.6 Å². The van der Waals surface area contributed by atoms with Gasteiger partial charge in [-0.1, -0.05) is 60.1 Å². The lowest BCUT2D eigenvalue weighted by atomic mass is 10.0. The second-order valence-corrected chi connectivity index (χ2v) is 4.45. The summed E-state index contributed by atoms with van der Waals surface area (Å²) in [6.45, 7) is 1.80. The quantitative estimate of drug-likeness (QED) is 0.801. The summed E-state index contributed by atoms with van der Waals surface area (Å²) in [5.41, 5.74) is 2.92. The minimum Gasteiger partial charge on any atom is -0.298 e. The second-order valence-electron chi connectivity index (χ2n) is 4.20. The summed E-state index contributed by atoms with van der Waals surface area (Å²) in [5, 5.41) is 2.63. The molecule has 0 aliphatic heterocycles. The van der Waals surface area contributed by atoms with Crippen LogP contribution in [-0.4, -0.2) is 18.5 Å². The molecule has 0 spiro atoms. The largest absolute Gasteiger partial charge is 0.298 e. The van der Waals surface area contributed by atoms with Crippen LogP contribution in [0.25, 0.3) is 10.8 Å². The number of rotatable bonds is 4. The molecule has 18 heavy (non-hydrogen) atoms. The van der Waals surface area contributed by atoms with Crippen LogP contribution in [-0.2, 0) is 6.54 Å². The fourth-order valence-electron chi connectivity index (χ4n) is 2.01. The van der Waals surface area contributed by atoms with E-state index in [0.717, 1.165) is 13.1 Å². The van der Waals surface area contributed by atoms with Gasteiger partial charge in [0, 0.05) is 18.6 Å². The van der Waals surface area contributed by atoms with Crippen molar-refractivity contribution in [3.05, 3.63) is 59.6 Å². The summed E-state index contributed by atoms with van der Waals surface area (Å²) in [6.07, 6.45) is 1.95. The Morgan fingerprint density at radius 1 is 1.11 bits per heavy atom. The van der Waals surface area contributed by atoms with Gasteiger partial charge in [0.2, 0.25) is 0 Å². The standard InChI is InChI=1S/C15H16ClN.ClH/c1-17(11-5-10-16)12-14-8-4-7-13-6-2-3-9-15(13)14;/h2-10H,11-12H2,1H3;1H/b10-5+;. The van der Waals surface area contributed by atoms with Gasteiger partial charge in [-0.25, -0.2) is 0 Å². The second kappa shape index (κ2) is 7.42. The molecule has 2 aromatic carbocycles. The van der Waals surface area contributed by atoms with Crippen LogP contribution in [0.3, 0.4) is 0 Å². The minimum atomic E-state index is 0. The highest BCUT2D eigenvalue weighted by Gasteiger charge is 2.02. The molecule has 0 saturated carbocycles. The van der Waals surface area contributed by atoms with E-state index in [4.69, 9.17) is 11.6 Å². The lowest BCUT2D eigenvalue weighted by Crippen LogP contribution is -2.17. The van der Waals surface area contributed by atoms with Gasteiger partial charge in [-0.15, -0.1) is 12.4 Å². The van der Waals surface area contributed by atoms with Crippen molar-refractivity contribution in [1.29, 1.82) is 0 Å². The van der Waals surface area contributed by atoms with E-state index in [0.29, 0.717) is 0 Å². The van der Waals surface area contributed by atoms with Crippen LogP contribution in [0.15, 0.2) is 54.1 Å². The average molecular weight is 282 g/mol. The number of fused-ring (bicyclic) bond motifs is 1. The van der Waals surface area contributed by atoms with Crippen molar-refractivity contribution in [1.82, 2.24) is 4.90 Å². The van der Waals surface area contributed by atoms with Crippen molar-refractivity contribution in [3.8, 4) is 0 Å². The van der Waals surface area contributed by atoms with Gasteiger partial charge >= 0.3 is 0 Å². The smallest absolute Gasteiger partial charge is 0.0240 e. The van der Waals surface area contributed by atoms with E-state index in [9.17, 15) is 0 Å². The molecule has 0 aromatic heterocycles. The van der Waals surface area contributed by atoms with Gasteiger partial charge in [0.15, 0.2) is 0 Å². The fraction of sp³-hybridized carbons (Fsp3) is 0.200. The molecule has 0 aliphatic rings. The molecule has 1 nitrogen and oxygen atoms in total. The van der Waals surface area contributed by atoms with Crippen molar-refractivity contribution in [2.24, 2.45) is 0 Å². The summed E-state index contributed by atoms with van der Waals surface area (Å²) < 4.78 is 0. The van der Waals surface area contributed by atoms with Gasteiger partial charge in [0.05, 0.1) is 0 Å². The molecule has 0 aliphatic carbocycles. The number of hydrogen-bond acceptors (Lipinski definition) is 1. The summed E-state index contributed by atoms with van der Waals surface area (Å²) in [5.74, 6) is 0. The molecule has 2 aromatic rings. The van der Waals surface area contributed by atoms with Gasteiger partial charge in [-0.2, -0.15) is 0 Å². The lowest BCUT2D eigenvalue weighted by Gasteiger charge is -2.15. The summed E-state index contributed by atoms with van der Waals surface area (Å²) in [4.78, 5) is 2.24. The molecule has 0 radical (unpaired) electrons. The number of nitrogens with zero attached hydrogens (tertiary/aromatic N) is 1. The molecule has 0 heterocycles. The molecule has 3 heteroatoms. The van der Waals surface area contributed by atoms with Crippen molar-refractivity contribution >= 4 is 34.8 Å². The van der Waals surface area contributed by atoms with Crippen LogP contribution in [0.1, 0.15) is 5.56 Å². The lowest BCUT2D eigenvalue weighted by molar-refractivity contribution is 0.365. The highest BCUT2D eigenvalue weighted by molar-refractivity contribution is 6.25. The Hall–Kier alpha value is -1.02. The Morgan fingerprint density at radius 3 is 2.61 bits per heavy atom. The van der Waals surface area contributed by atoms with Gasteiger partial charge in [-0.05, 0) is 23.4 Å². The first-order valence-corrected chi connectivity index (χ1v) is 6.15. The van der Waals surface area contributed by atoms with Gasteiger partial charge in [0.25, 0.3) is 0 Å². The molecule has 0 atom stereocenters. The van der Waals surface area contributed by atoms with Crippen LogP contribution in [0, 0.1) is 0 Å². The molecule has 0 N–H and O–H groups in total. The summed E-state index contributed by atoms with van der Waals surface area (Å²) in [7, 11) is 2.10. The Bertz CT molecular complexity index is 517. The van der Waals surface area contributed by atoms with E-state index in [1.165, 1.54) is 16.3 Å². The zero-order valence-electron chi connectivity index (χ0n) is 10.3. The number of hydrogen-bond donors (Lipinski definition) is 0. The maximum atomic E-state index is 5.54. The normalized spacial score (nSPS) is 11.1. The van der Waals surface area contributed by atoms with E-state index in [-0.39, 0.29) is 12.4 Å². The minimum absolute atomic E-state index is 0. The van der Waals surface area contributed by atoms with Crippen LogP contribution >= 0.6 is 24.0 Å². The third kappa shape index (κ3) is 3.74. The summed E-state index contributed by atoms with van der Waals surface area (Å²) in [6, 6.07) is 14.9. The van der Waals surface area contributed by atoms with Gasteiger partial charge in [0.1, 0.15) is 0 Å². The van der Waals surface area contributed by atoms with E-state index in [2.05, 4.69) is 54.4 Å². The first-order chi connectivity index (χ1) is 8.31. The van der Waals surface area contributed by atoms with Crippen LogP contribution in [0.5, 0.6) is 0 Å². The topological polar surface area (TPSA) is 3.24 Å². The highest BCUT2D eigenvalue weighted by Crippen LogP contribution is 2.19. The molecule has 0 unspecified atom stereocenters. The molecular weight excluding hydrogens is 265 g/mol. The number of likely N-dealkylation sites (N-methyl/N-ethyl adjacent to an activating group) is 1. The van der Waals surface area contributed by atoms with Crippen LogP contribution < -0.4 is 0 Å². The Balaban J connectivity index is 0.00000162. The van der Waals surface area contributed by atoms with Crippen molar-refractivity contribution in [2.45, 2.75) is 6.54 Å². The zero-order valence-corrected chi connectivity index (χ0v) is 11.9. The molecule has 0 fully saturated rings. The number of benzene rings is 2. The van der Waals surface area contributed by atoms with E-state index in [1.54, 1.807) is 5.54 Å². The Labute approximate surface area is 119 Å². The first kappa shape index (κ1) is 15.0. The molecule has 0 saturated heterocycles. The van der Waals surface area contributed by atoms with E-state index >= 15 is 0 Å². The predicted octanol–water partition coefficient (Wildman–Crippen LogP) is 4.45. The predicted molar refractivity (Wildman–Crippen MR) is 82.5 cm³/mol. The molecule has 0 bridgehead atoms. The van der Waals surface area contributed by atoms with Crippen molar-refractivity contribution in [3.63, 3.8) is 0 Å². The van der Waals surface area contributed by atoms with Gasteiger partial charge < -0.3 is 0 Å². The maximum absolute atomic E-state index is 5.54. The Morgan fingerprint density at radius 2 is 1.83 bits per heavy atom. The molecule has 2 rings (SSSR count). The summed E-state index contributed by atoms with van der Waals surface area (Å²) >= 11 is 5.54. The zero-order chi connectivity index (χ0) is 12.1. The third-order valence-electron chi connectivity index (χ3n) is 2.83. The van der Waals surface area contributed by atoms with Gasteiger partial charge in [-0.3, -0.25) is 4.90 Å². The Kier molecular flexibility index (Phi) is 6.20. The van der Waals surface area contributed by atoms with Crippen LogP contribution in [0.2, 0.25) is 0 Å².